The molecule has 0 aromatic heterocycles. The van der Waals surface area contributed by atoms with Gasteiger partial charge >= 0.3 is 7.60 Å². The van der Waals surface area contributed by atoms with Crippen molar-refractivity contribution in [1.29, 1.82) is 5.26 Å². The van der Waals surface area contributed by atoms with Gasteiger partial charge in [0.25, 0.3) is 0 Å². The molecule has 5 heteroatoms. The van der Waals surface area contributed by atoms with Crippen LogP contribution in [0.25, 0.3) is 0 Å². The van der Waals surface area contributed by atoms with Gasteiger partial charge in [-0.05, 0) is 6.92 Å². The van der Waals surface area contributed by atoms with E-state index in [4.69, 9.17) is 14.3 Å². The smallest absolute Gasteiger partial charge is 0.309 e. The molecule has 0 aliphatic rings. The summed E-state index contributed by atoms with van der Waals surface area (Å²) in [6, 6.07) is 1.74. The molecule has 4 nitrogen and oxygen atoms in total. The van der Waals surface area contributed by atoms with Gasteiger partial charge in [0, 0.05) is 6.16 Å². The van der Waals surface area contributed by atoms with Crippen molar-refractivity contribution in [3.05, 3.63) is 0 Å². The minimum atomic E-state index is -2.94. The Hall–Kier alpha value is -0.360. The SMILES string of the molecule is CCOP(=O)(CC)OCC#N. The third kappa shape index (κ3) is 4.15. The Morgan fingerprint density at radius 3 is 2.45 bits per heavy atom. The van der Waals surface area contributed by atoms with Gasteiger partial charge in [-0.2, -0.15) is 5.26 Å². The Kier molecular flexibility index (Phi) is 5.14. The Balaban J connectivity index is 3.91. The van der Waals surface area contributed by atoms with Gasteiger partial charge in [0.05, 0.1) is 12.7 Å². The highest BCUT2D eigenvalue weighted by Crippen LogP contribution is 2.47. The molecule has 0 aromatic rings. The van der Waals surface area contributed by atoms with Crippen molar-refractivity contribution in [1.82, 2.24) is 0 Å². The molecule has 11 heavy (non-hydrogen) atoms. The molecule has 0 fully saturated rings. The Labute approximate surface area is 66.6 Å². The number of hydrogen-bond acceptors (Lipinski definition) is 4. The van der Waals surface area contributed by atoms with Crippen LogP contribution in [0.5, 0.6) is 0 Å². The van der Waals surface area contributed by atoms with E-state index in [1.54, 1.807) is 19.9 Å². The van der Waals surface area contributed by atoms with Crippen LogP contribution < -0.4 is 0 Å². The Morgan fingerprint density at radius 1 is 1.45 bits per heavy atom. The third-order valence-electron chi connectivity index (χ3n) is 1.04. The van der Waals surface area contributed by atoms with Crippen LogP contribution in [-0.2, 0) is 13.6 Å². The lowest BCUT2D eigenvalue weighted by Crippen LogP contribution is -1.97. The zero-order chi connectivity index (χ0) is 8.74. The molecule has 0 saturated heterocycles. The maximum absolute atomic E-state index is 11.3. The van der Waals surface area contributed by atoms with Crippen LogP contribution in [0.2, 0.25) is 0 Å². The molecule has 0 aliphatic carbocycles. The maximum Gasteiger partial charge on any atom is 0.331 e. The number of nitriles is 1. The lowest BCUT2D eigenvalue weighted by Gasteiger charge is -2.13. The summed E-state index contributed by atoms with van der Waals surface area (Å²) < 4.78 is 20.9. The van der Waals surface area contributed by atoms with E-state index in [2.05, 4.69) is 0 Å². The zero-order valence-electron chi connectivity index (χ0n) is 6.74. The summed E-state index contributed by atoms with van der Waals surface area (Å²) in [5.74, 6) is 0. The van der Waals surface area contributed by atoms with Crippen molar-refractivity contribution in [3.8, 4) is 6.07 Å². The minimum Gasteiger partial charge on any atom is -0.309 e. The second-order valence-electron chi connectivity index (χ2n) is 1.78. The highest BCUT2D eigenvalue weighted by atomic mass is 31.2. The van der Waals surface area contributed by atoms with Gasteiger partial charge in [0.1, 0.15) is 6.61 Å². The van der Waals surface area contributed by atoms with E-state index in [-0.39, 0.29) is 6.61 Å². The molecular formula is C6H12NO3P. The summed E-state index contributed by atoms with van der Waals surface area (Å²) in [7, 11) is -2.94. The topological polar surface area (TPSA) is 59.3 Å². The van der Waals surface area contributed by atoms with Crippen molar-refractivity contribution in [3.63, 3.8) is 0 Å². The van der Waals surface area contributed by atoms with E-state index in [0.29, 0.717) is 12.8 Å². The largest absolute Gasteiger partial charge is 0.331 e. The molecule has 0 radical (unpaired) electrons. The van der Waals surface area contributed by atoms with Crippen LogP contribution in [0.15, 0.2) is 0 Å². The predicted molar refractivity (Wildman–Crippen MR) is 41.3 cm³/mol. The second kappa shape index (κ2) is 5.31. The lowest BCUT2D eigenvalue weighted by atomic mass is 10.9. The van der Waals surface area contributed by atoms with Crippen molar-refractivity contribution < 1.29 is 13.6 Å². The molecule has 0 saturated carbocycles. The summed E-state index contributed by atoms with van der Waals surface area (Å²) >= 11 is 0. The van der Waals surface area contributed by atoms with Crippen molar-refractivity contribution in [2.45, 2.75) is 13.8 Å². The Bertz CT molecular complexity index is 187. The summed E-state index contributed by atoms with van der Waals surface area (Å²) in [6.45, 7) is 3.60. The Morgan fingerprint density at radius 2 is 2.09 bits per heavy atom. The highest BCUT2D eigenvalue weighted by molar-refractivity contribution is 7.53. The molecule has 1 unspecified atom stereocenters. The van der Waals surface area contributed by atoms with E-state index in [1.165, 1.54) is 0 Å². The molecule has 0 bridgehead atoms. The van der Waals surface area contributed by atoms with Crippen LogP contribution in [0.4, 0.5) is 0 Å². The van der Waals surface area contributed by atoms with E-state index >= 15 is 0 Å². The predicted octanol–water partition coefficient (Wildman–Crippen LogP) is 1.78. The molecule has 0 N–H and O–H groups in total. The first kappa shape index (κ1) is 10.6. The fourth-order valence-corrected chi connectivity index (χ4v) is 1.63. The van der Waals surface area contributed by atoms with Crippen LogP contribution >= 0.6 is 7.60 Å². The molecule has 0 spiro atoms. The van der Waals surface area contributed by atoms with Gasteiger partial charge in [-0.25, -0.2) is 0 Å². The molecule has 0 heterocycles. The minimum absolute atomic E-state index is 0.175. The van der Waals surface area contributed by atoms with Gasteiger partial charge in [-0.1, -0.05) is 6.92 Å². The molecule has 0 rings (SSSR count). The van der Waals surface area contributed by atoms with Crippen molar-refractivity contribution in [2.75, 3.05) is 19.4 Å². The van der Waals surface area contributed by atoms with Gasteiger partial charge < -0.3 is 4.52 Å². The number of rotatable bonds is 5. The van der Waals surface area contributed by atoms with E-state index in [9.17, 15) is 4.57 Å². The van der Waals surface area contributed by atoms with Crippen LogP contribution in [0, 0.1) is 11.3 Å². The van der Waals surface area contributed by atoms with E-state index in [1.807, 2.05) is 0 Å². The second-order valence-corrected chi connectivity index (χ2v) is 4.15. The first-order valence-corrected chi connectivity index (χ1v) is 5.16. The summed E-state index contributed by atoms with van der Waals surface area (Å²) in [5.41, 5.74) is 0. The third-order valence-corrected chi connectivity index (χ3v) is 2.99. The van der Waals surface area contributed by atoms with Crippen LogP contribution in [0.1, 0.15) is 13.8 Å². The van der Waals surface area contributed by atoms with E-state index < -0.39 is 7.60 Å². The summed E-state index contributed by atoms with van der Waals surface area (Å²) in [5, 5.41) is 8.14. The quantitative estimate of drug-likeness (QED) is 0.600. The summed E-state index contributed by atoms with van der Waals surface area (Å²) in [6.07, 6.45) is 0.308. The first-order chi connectivity index (χ1) is 5.18. The average Bonchev–Trinajstić information content (AvgIpc) is 2.02. The zero-order valence-corrected chi connectivity index (χ0v) is 7.63. The van der Waals surface area contributed by atoms with Crippen LogP contribution in [0.3, 0.4) is 0 Å². The molecule has 0 aliphatic heterocycles. The number of hydrogen-bond donors (Lipinski definition) is 0. The van der Waals surface area contributed by atoms with Gasteiger partial charge in [0.2, 0.25) is 0 Å². The highest BCUT2D eigenvalue weighted by Gasteiger charge is 2.20. The monoisotopic (exact) mass is 177 g/mol. The summed E-state index contributed by atoms with van der Waals surface area (Å²) in [4.78, 5) is 0. The van der Waals surface area contributed by atoms with Gasteiger partial charge in [-0.15, -0.1) is 0 Å². The van der Waals surface area contributed by atoms with Crippen LogP contribution in [-0.4, -0.2) is 19.4 Å². The number of nitrogens with zero attached hydrogens (tertiary/aromatic N) is 1. The normalized spacial score (nSPS) is 15.4. The standard InChI is InChI=1S/C6H12NO3P/c1-3-9-11(8,4-2)10-6-5-7/h3-4,6H2,1-2H3. The molecule has 64 valence electrons. The molecule has 0 amide bonds. The van der Waals surface area contributed by atoms with Gasteiger partial charge in [-0.3, -0.25) is 9.09 Å². The van der Waals surface area contributed by atoms with Crippen molar-refractivity contribution >= 4 is 7.60 Å². The van der Waals surface area contributed by atoms with E-state index in [0.717, 1.165) is 0 Å². The van der Waals surface area contributed by atoms with Crippen molar-refractivity contribution in [2.24, 2.45) is 0 Å². The first-order valence-electron chi connectivity index (χ1n) is 3.43. The molecule has 0 aromatic carbocycles. The fraction of sp³-hybridized carbons (Fsp3) is 0.833. The molecule has 1 atom stereocenters. The lowest BCUT2D eigenvalue weighted by molar-refractivity contribution is 0.231. The maximum atomic E-state index is 11.3. The molecular weight excluding hydrogens is 165 g/mol. The van der Waals surface area contributed by atoms with Gasteiger partial charge in [0.15, 0.2) is 0 Å². The average molecular weight is 177 g/mol. The fourth-order valence-electron chi connectivity index (χ4n) is 0.544.